The second-order valence-corrected chi connectivity index (χ2v) is 9.48. The highest BCUT2D eigenvalue weighted by Gasteiger charge is 2.36. The number of amides is 1. The van der Waals surface area contributed by atoms with E-state index in [-0.39, 0.29) is 16.4 Å². The molecule has 4 rings (SSSR count). The third kappa shape index (κ3) is 4.93. The van der Waals surface area contributed by atoms with Gasteiger partial charge in [0.1, 0.15) is 5.56 Å². The van der Waals surface area contributed by atoms with Crippen LogP contribution in [0.3, 0.4) is 0 Å². The first-order valence-electron chi connectivity index (χ1n) is 8.96. The Morgan fingerprint density at radius 3 is 2.23 bits per heavy atom. The number of anilines is 1. The van der Waals surface area contributed by atoms with Crippen molar-refractivity contribution in [3.05, 3.63) is 53.3 Å². The number of nitrogens with two attached hydrogens (primary N) is 1. The first-order valence-corrected chi connectivity index (χ1v) is 11.3. The maximum atomic E-state index is 13.7. The number of halogens is 6. The molecule has 35 heavy (non-hydrogen) atoms. The Morgan fingerprint density at radius 1 is 1.03 bits per heavy atom. The molecule has 184 valence electrons. The van der Waals surface area contributed by atoms with Crippen LogP contribution in [0.2, 0.25) is 0 Å². The van der Waals surface area contributed by atoms with E-state index in [9.17, 15) is 39.6 Å². The van der Waals surface area contributed by atoms with Crippen molar-refractivity contribution >= 4 is 38.0 Å². The molecule has 0 aliphatic heterocycles. The molecule has 0 saturated heterocycles. The van der Waals surface area contributed by atoms with Gasteiger partial charge in [0.15, 0.2) is 11.3 Å². The fourth-order valence-electron chi connectivity index (χ4n) is 2.84. The highest BCUT2D eigenvalue weighted by molar-refractivity contribution is 7.91. The van der Waals surface area contributed by atoms with Gasteiger partial charge in [-0.25, -0.2) is 23.1 Å². The Balaban J connectivity index is 1.78. The van der Waals surface area contributed by atoms with Crippen molar-refractivity contribution in [2.24, 2.45) is 5.14 Å². The minimum atomic E-state index is -4.97. The van der Waals surface area contributed by atoms with Crippen LogP contribution in [0.25, 0.3) is 16.9 Å². The zero-order valence-corrected chi connectivity index (χ0v) is 18.2. The number of rotatable bonds is 4. The molecule has 3 heterocycles. The van der Waals surface area contributed by atoms with Crippen LogP contribution in [0.15, 0.2) is 40.9 Å². The van der Waals surface area contributed by atoms with Gasteiger partial charge >= 0.3 is 12.4 Å². The predicted molar refractivity (Wildman–Crippen MR) is 108 cm³/mol. The van der Waals surface area contributed by atoms with Crippen LogP contribution in [-0.4, -0.2) is 39.1 Å². The third-order valence-corrected chi connectivity index (χ3v) is 6.53. The molecule has 0 spiro atoms. The maximum Gasteiger partial charge on any atom is 0.433 e. The summed E-state index contributed by atoms with van der Waals surface area (Å²) in [7, 11) is -4.21. The molecular weight excluding hydrogens is 528 g/mol. The summed E-state index contributed by atoms with van der Waals surface area (Å²) in [5.41, 5.74) is -3.84. The molecule has 0 unspecified atom stereocenters. The smallest absolute Gasteiger partial charge is 0.296 e. The van der Waals surface area contributed by atoms with Crippen molar-refractivity contribution in [1.82, 2.24) is 24.8 Å². The van der Waals surface area contributed by atoms with E-state index < -0.39 is 55.1 Å². The van der Waals surface area contributed by atoms with Crippen LogP contribution in [0, 0.1) is 0 Å². The first kappa shape index (κ1) is 24.5. The molecular formula is C17H9F6N7O3S2. The molecule has 0 saturated carbocycles. The fraction of sp³-hybridized carbons (Fsp3) is 0.118. The maximum absolute atomic E-state index is 13.7. The number of carbonyl (C=O) groups is 1. The lowest BCUT2D eigenvalue weighted by Gasteiger charge is -2.12. The quantitative estimate of drug-likeness (QED) is 0.300. The summed E-state index contributed by atoms with van der Waals surface area (Å²) < 4.78 is 102. The summed E-state index contributed by atoms with van der Waals surface area (Å²) in [6.07, 6.45) is -8.84. The van der Waals surface area contributed by atoms with Gasteiger partial charge in [-0.15, -0.1) is 10.2 Å². The second-order valence-electron chi connectivity index (χ2n) is 6.77. The SMILES string of the molecule is NS(=O)(=O)c1nnc(NC(=O)c2cnn3c(C(F)(F)F)cc(-c4ccc(C(F)(F)F)cc4)nc23)s1. The van der Waals surface area contributed by atoms with Crippen LogP contribution in [-0.2, 0) is 22.4 Å². The van der Waals surface area contributed by atoms with E-state index in [0.29, 0.717) is 34.1 Å². The normalized spacial score (nSPS) is 12.8. The van der Waals surface area contributed by atoms with Crippen molar-refractivity contribution in [3.8, 4) is 11.3 Å². The van der Waals surface area contributed by atoms with Crippen molar-refractivity contribution in [3.63, 3.8) is 0 Å². The molecule has 0 aliphatic carbocycles. The van der Waals surface area contributed by atoms with Crippen molar-refractivity contribution in [2.45, 2.75) is 16.7 Å². The zero-order chi connectivity index (χ0) is 25.8. The second kappa shape index (κ2) is 8.24. The van der Waals surface area contributed by atoms with Gasteiger partial charge in [0.05, 0.1) is 17.5 Å². The number of benzene rings is 1. The first-order chi connectivity index (χ1) is 16.1. The highest BCUT2D eigenvalue weighted by Crippen LogP contribution is 2.34. The molecule has 0 bridgehead atoms. The van der Waals surface area contributed by atoms with E-state index in [1.54, 1.807) is 0 Å². The largest absolute Gasteiger partial charge is 0.433 e. The Kier molecular flexibility index (Phi) is 5.76. The summed E-state index contributed by atoms with van der Waals surface area (Å²) in [6, 6.07) is 3.81. The lowest BCUT2D eigenvalue weighted by Crippen LogP contribution is -2.16. The Hall–Kier alpha value is -3.64. The lowest BCUT2D eigenvalue weighted by atomic mass is 10.1. The van der Waals surface area contributed by atoms with Crippen molar-refractivity contribution in [2.75, 3.05) is 5.32 Å². The standard InChI is InChI=1S/C17H9F6N7O3S2/c18-16(19,20)8-3-1-7(2-4-8)10-5-11(17(21,22)23)30-12(26-10)9(6-25-30)13(31)27-14-28-29-15(34-14)35(24,32)33/h1-6H,(H2,24,32,33)(H,27,28,31). The highest BCUT2D eigenvalue weighted by atomic mass is 32.2. The van der Waals surface area contributed by atoms with Gasteiger partial charge in [0, 0.05) is 5.56 Å². The summed E-state index contributed by atoms with van der Waals surface area (Å²) in [6.45, 7) is 0. The van der Waals surface area contributed by atoms with Gasteiger partial charge in [0.2, 0.25) is 9.47 Å². The van der Waals surface area contributed by atoms with Crippen LogP contribution in [0.4, 0.5) is 31.5 Å². The van der Waals surface area contributed by atoms with Gasteiger partial charge in [-0.1, -0.05) is 23.5 Å². The minimum Gasteiger partial charge on any atom is -0.296 e. The number of aromatic nitrogens is 5. The molecule has 0 radical (unpaired) electrons. The Labute approximate surface area is 194 Å². The number of nitrogens with zero attached hydrogens (tertiary/aromatic N) is 5. The topological polar surface area (TPSA) is 145 Å². The average Bonchev–Trinajstić information content (AvgIpc) is 3.38. The van der Waals surface area contributed by atoms with Gasteiger partial charge in [-0.2, -0.15) is 31.4 Å². The van der Waals surface area contributed by atoms with Crippen LogP contribution < -0.4 is 10.5 Å². The number of hydrogen-bond acceptors (Lipinski definition) is 8. The van der Waals surface area contributed by atoms with E-state index in [2.05, 4.69) is 25.6 Å². The molecule has 4 aromatic rings. The molecule has 1 amide bonds. The van der Waals surface area contributed by atoms with E-state index >= 15 is 0 Å². The summed E-state index contributed by atoms with van der Waals surface area (Å²) in [5, 5.41) is 17.0. The van der Waals surface area contributed by atoms with Gasteiger partial charge < -0.3 is 0 Å². The average molecular weight is 537 g/mol. The number of primary sulfonamides is 1. The number of fused-ring (bicyclic) bond motifs is 1. The van der Waals surface area contributed by atoms with Crippen LogP contribution >= 0.6 is 11.3 Å². The molecule has 0 fully saturated rings. The van der Waals surface area contributed by atoms with Crippen LogP contribution in [0.5, 0.6) is 0 Å². The van der Waals surface area contributed by atoms with Crippen molar-refractivity contribution in [1.29, 1.82) is 0 Å². The number of nitrogens with one attached hydrogen (secondary N) is 1. The summed E-state index contributed by atoms with van der Waals surface area (Å²) in [5.74, 6) is -1.05. The Bertz CT molecular complexity index is 1540. The third-order valence-electron chi connectivity index (χ3n) is 4.39. The Morgan fingerprint density at radius 2 is 1.69 bits per heavy atom. The molecule has 3 N–H and O–H groups in total. The van der Waals surface area contributed by atoms with E-state index in [4.69, 9.17) is 5.14 Å². The monoisotopic (exact) mass is 537 g/mol. The summed E-state index contributed by atoms with van der Waals surface area (Å²) >= 11 is 0.395. The van der Waals surface area contributed by atoms with Gasteiger partial charge in [-0.05, 0) is 18.2 Å². The molecule has 0 aliphatic rings. The van der Waals surface area contributed by atoms with Crippen LogP contribution in [0.1, 0.15) is 21.6 Å². The number of sulfonamides is 1. The van der Waals surface area contributed by atoms with Gasteiger partial charge in [-0.3, -0.25) is 10.1 Å². The molecule has 10 nitrogen and oxygen atoms in total. The van der Waals surface area contributed by atoms with E-state index in [1.165, 1.54) is 0 Å². The predicted octanol–water partition coefficient (Wildman–Crippen LogP) is 3.19. The molecule has 18 heteroatoms. The lowest BCUT2D eigenvalue weighted by molar-refractivity contribution is -0.142. The zero-order valence-electron chi connectivity index (χ0n) is 16.6. The van der Waals surface area contributed by atoms with E-state index in [1.807, 2.05) is 0 Å². The fourth-order valence-corrected chi connectivity index (χ4v) is 4.17. The molecule has 0 atom stereocenters. The van der Waals surface area contributed by atoms with Crippen molar-refractivity contribution < 1.29 is 39.6 Å². The van der Waals surface area contributed by atoms with Gasteiger partial charge in [0.25, 0.3) is 15.9 Å². The molecule has 1 aromatic carbocycles. The number of hydrogen-bond donors (Lipinski definition) is 2. The number of carbonyl (C=O) groups excluding carboxylic acids is 1. The molecule has 3 aromatic heterocycles. The minimum absolute atomic E-state index is 0.0829. The van der Waals surface area contributed by atoms with E-state index in [0.717, 1.165) is 18.3 Å². The summed E-state index contributed by atoms with van der Waals surface area (Å²) in [4.78, 5) is 16.6. The number of alkyl halides is 6.